The van der Waals surface area contributed by atoms with Crippen LogP contribution in [0.3, 0.4) is 0 Å². The van der Waals surface area contributed by atoms with E-state index in [-0.39, 0.29) is 6.54 Å². The minimum absolute atomic E-state index is 0.0695. The highest BCUT2D eigenvalue weighted by Crippen LogP contribution is 2.09. The van der Waals surface area contributed by atoms with Crippen molar-refractivity contribution in [3.63, 3.8) is 0 Å². The molecule has 31 heavy (non-hydrogen) atoms. The first kappa shape index (κ1) is 22.7. The van der Waals surface area contributed by atoms with Gasteiger partial charge in [-0.1, -0.05) is 24.0 Å². The fourth-order valence-electron chi connectivity index (χ4n) is 3.18. The molecule has 0 spiro atoms. The van der Waals surface area contributed by atoms with Gasteiger partial charge in [0.25, 0.3) is 5.91 Å². The molecule has 1 aliphatic heterocycles. The van der Waals surface area contributed by atoms with Gasteiger partial charge < -0.3 is 20.9 Å². The third-order valence-electron chi connectivity index (χ3n) is 5.05. The number of nitrogens with one attached hydrogen (secondary N) is 1. The SMILES string of the molecule is NC[C@H](NC(=O)c1ccc(C#Cc2ccc(CN3CCOCC3)cc2)cc1)C(=O)CO. The van der Waals surface area contributed by atoms with Crippen molar-refractivity contribution >= 4 is 11.7 Å². The second kappa shape index (κ2) is 11.4. The predicted octanol–water partition coefficient (Wildman–Crippen LogP) is 0.537. The monoisotopic (exact) mass is 421 g/mol. The average molecular weight is 421 g/mol. The summed E-state index contributed by atoms with van der Waals surface area (Å²) in [5.41, 5.74) is 8.81. The van der Waals surface area contributed by atoms with Crippen LogP contribution >= 0.6 is 0 Å². The van der Waals surface area contributed by atoms with Gasteiger partial charge in [-0.2, -0.15) is 0 Å². The third-order valence-corrected chi connectivity index (χ3v) is 5.05. The number of Topliss-reactive ketones (excluding diaryl/α,β-unsaturated/α-hetero) is 1. The number of amides is 1. The van der Waals surface area contributed by atoms with Crippen molar-refractivity contribution in [3.05, 3.63) is 70.8 Å². The van der Waals surface area contributed by atoms with Gasteiger partial charge in [0.05, 0.1) is 13.2 Å². The number of nitrogens with zero attached hydrogens (tertiary/aromatic N) is 1. The molecule has 0 saturated carbocycles. The van der Waals surface area contributed by atoms with E-state index in [0.717, 1.165) is 44.0 Å². The van der Waals surface area contributed by atoms with E-state index < -0.39 is 24.3 Å². The first-order chi connectivity index (χ1) is 15.1. The van der Waals surface area contributed by atoms with E-state index in [1.54, 1.807) is 24.3 Å². The summed E-state index contributed by atoms with van der Waals surface area (Å²) in [4.78, 5) is 26.2. The topological polar surface area (TPSA) is 105 Å². The van der Waals surface area contributed by atoms with Gasteiger partial charge in [0, 0.05) is 42.9 Å². The maximum absolute atomic E-state index is 12.3. The molecule has 4 N–H and O–H groups in total. The minimum Gasteiger partial charge on any atom is -0.388 e. The number of morpholine rings is 1. The first-order valence-corrected chi connectivity index (χ1v) is 10.2. The number of benzene rings is 2. The molecule has 0 aromatic heterocycles. The van der Waals surface area contributed by atoms with Crippen molar-refractivity contribution in [2.45, 2.75) is 12.6 Å². The van der Waals surface area contributed by atoms with Gasteiger partial charge in [-0.05, 0) is 42.0 Å². The highest BCUT2D eigenvalue weighted by atomic mass is 16.5. The zero-order valence-corrected chi connectivity index (χ0v) is 17.3. The molecule has 1 atom stereocenters. The molecule has 0 aliphatic carbocycles. The molecular weight excluding hydrogens is 394 g/mol. The predicted molar refractivity (Wildman–Crippen MR) is 117 cm³/mol. The van der Waals surface area contributed by atoms with Crippen LogP contribution in [-0.4, -0.2) is 67.2 Å². The van der Waals surface area contributed by atoms with Crippen molar-refractivity contribution in [3.8, 4) is 11.8 Å². The van der Waals surface area contributed by atoms with Crippen LogP contribution < -0.4 is 11.1 Å². The summed E-state index contributed by atoms with van der Waals surface area (Å²) in [5, 5.41) is 11.4. The van der Waals surface area contributed by atoms with Gasteiger partial charge in [-0.3, -0.25) is 14.5 Å². The van der Waals surface area contributed by atoms with Crippen LogP contribution in [0.1, 0.15) is 27.0 Å². The molecule has 7 heteroatoms. The van der Waals surface area contributed by atoms with E-state index in [0.29, 0.717) is 5.56 Å². The highest BCUT2D eigenvalue weighted by molar-refractivity contribution is 5.98. The number of aliphatic hydroxyl groups excluding tert-OH is 1. The Morgan fingerprint density at radius 1 is 1.03 bits per heavy atom. The number of hydrogen-bond donors (Lipinski definition) is 3. The summed E-state index contributed by atoms with van der Waals surface area (Å²) in [5.74, 6) is 5.28. The molecule has 1 fully saturated rings. The molecule has 1 saturated heterocycles. The smallest absolute Gasteiger partial charge is 0.251 e. The van der Waals surface area contributed by atoms with Crippen LogP contribution in [-0.2, 0) is 16.1 Å². The number of aliphatic hydroxyl groups is 1. The number of ether oxygens (including phenoxy) is 1. The Morgan fingerprint density at radius 3 is 2.16 bits per heavy atom. The van der Waals surface area contributed by atoms with Gasteiger partial charge >= 0.3 is 0 Å². The van der Waals surface area contributed by atoms with Crippen molar-refractivity contribution in [1.82, 2.24) is 10.2 Å². The zero-order valence-electron chi connectivity index (χ0n) is 17.3. The molecule has 2 aromatic rings. The van der Waals surface area contributed by atoms with Crippen LogP contribution in [0.25, 0.3) is 0 Å². The fraction of sp³-hybridized carbons (Fsp3) is 0.333. The standard InChI is InChI=1S/C24H27N3O4/c25-15-22(23(29)17-28)26-24(30)21-9-7-19(8-10-21)2-1-18-3-5-20(6-4-18)16-27-11-13-31-14-12-27/h3-10,22,28H,11-17,25H2,(H,26,30)/t22-/m0/s1. The Balaban J connectivity index is 1.57. The summed E-state index contributed by atoms with van der Waals surface area (Å²) in [6.45, 7) is 3.68. The van der Waals surface area contributed by atoms with Gasteiger partial charge in [-0.15, -0.1) is 0 Å². The zero-order chi connectivity index (χ0) is 22.1. The number of carbonyl (C=O) groups is 2. The largest absolute Gasteiger partial charge is 0.388 e. The molecule has 0 radical (unpaired) electrons. The molecule has 3 rings (SSSR count). The van der Waals surface area contributed by atoms with Gasteiger partial charge in [0.1, 0.15) is 12.6 Å². The normalized spacial score (nSPS) is 14.9. The lowest BCUT2D eigenvalue weighted by Crippen LogP contribution is -2.46. The number of carbonyl (C=O) groups excluding carboxylic acids is 2. The second-order valence-corrected chi connectivity index (χ2v) is 7.30. The maximum Gasteiger partial charge on any atom is 0.251 e. The number of nitrogens with two attached hydrogens (primary N) is 1. The van der Waals surface area contributed by atoms with Crippen LogP contribution in [0.4, 0.5) is 0 Å². The Kier molecular flexibility index (Phi) is 8.33. The van der Waals surface area contributed by atoms with Crippen LogP contribution in [0.2, 0.25) is 0 Å². The fourth-order valence-corrected chi connectivity index (χ4v) is 3.18. The Hall–Kier alpha value is -3.02. The van der Waals surface area contributed by atoms with E-state index in [1.165, 1.54) is 5.56 Å². The van der Waals surface area contributed by atoms with Crippen LogP contribution in [0, 0.1) is 11.8 Å². The lowest BCUT2D eigenvalue weighted by Gasteiger charge is -2.26. The Labute approximate surface area is 182 Å². The highest BCUT2D eigenvalue weighted by Gasteiger charge is 2.18. The Morgan fingerprint density at radius 2 is 1.61 bits per heavy atom. The summed E-state index contributed by atoms with van der Waals surface area (Å²) >= 11 is 0. The van der Waals surface area contributed by atoms with Gasteiger partial charge in [0.2, 0.25) is 0 Å². The Bertz CT molecular complexity index is 940. The van der Waals surface area contributed by atoms with E-state index in [2.05, 4.69) is 34.2 Å². The lowest BCUT2D eigenvalue weighted by molar-refractivity contribution is -0.123. The van der Waals surface area contributed by atoms with Crippen LogP contribution in [0.15, 0.2) is 48.5 Å². The molecule has 1 heterocycles. The summed E-state index contributed by atoms with van der Waals surface area (Å²) in [6, 6.07) is 14.1. The average Bonchev–Trinajstić information content (AvgIpc) is 2.82. The summed E-state index contributed by atoms with van der Waals surface area (Å²) in [6.07, 6.45) is 0. The minimum atomic E-state index is -0.900. The van der Waals surface area contributed by atoms with Crippen molar-refractivity contribution in [2.75, 3.05) is 39.5 Å². The molecule has 1 aliphatic rings. The van der Waals surface area contributed by atoms with Gasteiger partial charge in [0.15, 0.2) is 5.78 Å². The van der Waals surface area contributed by atoms with E-state index in [9.17, 15) is 9.59 Å². The lowest BCUT2D eigenvalue weighted by atomic mass is 10.1. The van der Waals surface area contributed by atoms with E-state index >= 15 is 0 Å². The number of hydrogen-bond acceptors (Lipinski definition) is 6. The molecule has 0 unspecified atom stereocenters. The summed E-state index contributed by atoms with van der Waals surface area (Å²) < 4.78 is 5.38. The van der Waals surface area contributed by atoms with Crippen LogP contribution in [0.5, 0.6) is 0 Å². The van der Waals surface area contributed by atoms with Crippen molar-refractivity contribution < 1.29 is 19.4 Å². The molecule has 0 bridgehead atoms. The van der Waals surface area contributed by atoms with Crippen molar-refractivity contribution in [2.24, 2.45) is 5.73 Å². The summed E-state index contributed by atoms with van der Waals surface area (Å²) in [7, 11) is 0. The second-order valence-electron chi connectivity index (χ2n) is 7.30. The number of ketones is 1. The quantitative estimate of drug-likeness (QED) is 0.564. The molecule has 2 aromatic carbocycles. The molecular formula is C24H27N3O4. The molecule has 162 valence electrons. The number of rotatable bonds is 7. The molecule has 7 nitrogen and oxygen atoms in total. The molecule has 1 amide bonds. The maximum atomic E-state index is 12.3. The first-order valence-electron chi connectivity index (χ1n) is 10.2. The van der Waals surface area contributed by atoms with E-state index in [1.807, 2.05) is 12.1 Å². The van der Waals surface area contributed by atoms with E-state index in [4.69, 9.17) is 15.6 Å². The van der Waals surface area contributed by atoms with Gasteiger partial charge in [-0.25, -0.2) is 0 Å². The third kappa shape index (κ3) is 6.74. The van der Waals surface area contributed by atoms with Crippen molar-refractivity contribution in [1.29, 1.82) is 0 Å².